The number of aliphatic hydroxyl groups is 2. The number of carbonyl (C=O) groups is 2. The monoisotopic (exact) mass is 888 g/mol. The van der Waals surface area contributed by atoms with Crippen LogP contribution in [0.1, 0.15) is 303 Å². The molecule has 0 aliphatic carbocycles. The number of allylic oxidation sites excluding steroid dienone is 3. The van der Waals surface area contributed by atoms with Crippen molar-refractivity contribution in [3.05, 3.63) is 24.3 Å². The molecule has 0 aromatic heterocycles. The number of hydrogen-bond donors (Lipinski definition) is 3. The fourth-order valence-corrected chi connectivity index (χ4v) is 8.63. The van der Waals surface area contributed by atoms with Crippen LogP contribution in [0.15, 0.2) is 24.3 Å². The van der Waals surface area contributed by atoms with Crippen molar-refractivity contribution in [2.75, 3.05) is 13.2 Å². The van der Waals surface area contributed by atoms with E-state index in [1.165, 1.54) is 218 Å². The first-order chi connectivity index (χ1) is 31.0. The van der Waals surface area contributed by atoms with Gasteiger partial charge in [-0.3, -0.25) is 9.59 Å². The maximum Gasteiger partial charge on any atom is 0.305 e. The Morgan fingerprint density at radius 2 is 0.746 bits per heavy atom. The first kappa shape index (κ1) is 61.3. The SMILES string of the molecule is CCCCCCC/C=C\CCCCCCCC(=O)OCCCCCCCCCCCCCCCCC(=O)NC(CO)C(O)/C=C/CCCCCCCCCCCCCCCCCC. The van der Waals surface area contributed by atoms with Gasteiger partial charge in [-0.1, -0.05) is 256 Å². The highest BCUT2D eigenvalue weighted by atomic mass is 16.5. The molecule has 0 heterocycles. The normalized spacial score (nSPS) is 12.8. The first-order valence-corrected chi connectivity index (χ1v) is 28.1. The van der Waals surface area contributed by atoms with Crippen LogP contribution in [0, 0.1) is 0 Å². The van der Waals surface area contributed by atoms with Gasteiger partial charge in [-0.2, -0.15) is 0 Å². The van der Waals surface area contributed by atoms with Crippen molar-refractivity contribution in [3.63, 3.8) is 0 Å². The highest BCUT2D eigenvalue weighted by Gasteiger charge is 2.18. The number of unbranched alkanes of at least 4 members (excludes halogenated alkanes) is 39. The van der Waals surface area contributed by atoms with Crippen molar-refractivity contribution >= 4 is 11.9 Å². The minimum atomic E-state index is -0.852. The summed E-state index contributed by atoms with van der Waals surface area (Å²) < 4.78 is 5.46. The highest BCUT2D eigenvalue weighted by Crippen LogP contribution is 2.16. The third kappa shape index (κ3) is 49.6. The summed E-state index contributed by atoms with van der Waals surface area (Å²) >= 11 is 0. The van der Waals surface area contributed by atoms with Crippen LogP contribution in [0.3, 0.4) is 0 Å². The molecule has 0 saturated heterocycles. The van der Waals surface area contributed by atoms with Gasteiger partial charge in [0.1, 0.15) is 0 Å². The molecule has 0 fully saturated rings. The van der Waals surface area contributed by atoms with E-state index in [2.05, 4.69) is 31.3 Å². The fraction of sp³-hybridized carbons (Fsp3) is 0.895. The summed E-state index contributed by atoms with van der Waals surface area (Å²) in [6.07, 6.45) is 63.3. The number of ether oxygens (including phenoxy) is 1. The lowest BCUT2D eigenvalue weighted by molar-refractivity contribution is -0.143. The van der Waals surface area contributed by atoms with Crippen molar-refractivity contribution in [3.8, 4) is 0 Å². The number of esters is 1. The summed E-state index contributed by atoms with van der Waals surface area (Å²) in [4.78, 5) is 24.5. The van der Waals surface area contributed by atoms with Crippen LogP contribution in [-0.4, -0.2) is 47.4 Å². The second kappa shape index (κ2) is 53.0. The molecule has 2 atom stereocenters. The van der Waals surface area contributed by atoms with E-state index >= 15 is 0 Å². The Morgan fingerprint density at radius 1 is 0.429 bits per heavy atom. The van der Waals surface area contributed by atoms with Gasteiger partial charge in [0, 0.05) is 12.8 Å². The molecule has 0 saturated carbocycles. The summed E-state index contributed by atoms with van der Waals surface area (Å²) in [5.41, 5.74) is 0. The summed E-state index contributed by atoms with van der Waals surface area (Å²) in [5, 5.41) is 23.1. The zero-order valence-electron chi connectivity index (χ0n) is 42.3. The molecular formula is C57H109NO5. The molecule has 0 rings (SSSR count). The minimum Gasteiger partial charge on any atom is -0.466 e. The Balaban J connectivity index is 3.48. The largest absolute Gasteiger partial charge is 0.466 e. The van der Waals surface area contributed by atoms with Crippen LogP contribution < -0.4 is 5.32 Å². The van der Waals surface area contributed by atoms with E-state index in [0.29, 0.717) is 19.4 Å². The zero-order valence-corrected chi connectivity index (χ0v) is 42.3. The molecule has 1 amide bonds. The van der Waals surface area contributed by atoms with E-state index in [-0.39, 0.29) is 18.5 Å². The molecule has 0 aromatic carbocycles. The second-order valence-electron chi connectivity index (χ2n) is 19.3. The van der Waals surface area contributed by atoms with Crippen LogP contribution >= 0.6 is 0 Å². The number of rotatable bonds is 52. The van der Waals surface area contributed by atoms with Crippen LogP contribution in [0.5, 0.6) is 0 Å². The minimum absolute atomic E-state index is 0.0117. The molecule has 63 heavy (non-hydrogen) atoms. The Hall–Kier alpha value is -1.66. The second-order valence-corrected chi connectivity index (χ2v) is 19.3. The molecule has 3 N–H and O–H groups in total. The van der Waals surface area contributed by atoms with E-state index in [9.17, 15) is 19.8 Å². The molecule has 0 aliphatic heterocycles. The molecule has 0 radical (unpaired) electrons. The van der Waals surface area contributed by atoms with Gasteiger partial charge in [-0.25, -0.2) is 0 Å². The Morgan fingerprint density at radius 3 is 1.13 bits per heavy atom. The number of carbonyl (C=O) groups excluding carboxylic acids is 2. The first-order valence-electron chi connectivity index (χ1n) is 28.1. The molecule has 0 aliphatic rings. The number of hydrogen-bond acceptors (Lipinski definition) is 5. The predicted octanol–water partition coefficient (Wildman–Crippen LogP) is 17.1. The van der Waals surface area contributed by atoms with Gasteiger partial charge >= 0.3 is 5.97 Å². The van der Waals surface area contributed by atoms with Crippen molar-refractivity contribution in [2.45, 2.75) is 315 Å². The lowest BCUT2D eigenvalue weighted by Crippen LogP contribution is -2.45. The van der Waals surface area contributed by atoms with Crippen LogP contribution in [0.25, 0.3) is 0 Å². The Bertz CT molecular complexity index is 982. The quantitative estimate of drug-likeness (QED) is 0.0321. The zero-order chi connectivity index (χ0) is 45.8. The lowest BCUT2D eigenvalue weighted by Gasteiger charge is -2.20. The van der Waals surface area contributed by atoms with Gasteiger partial charge in [0.2, 0.25) is 5.91 Å². The molecule has 0 spiro atoms. The van der Waals surface area contributed by atoms with E-state index in [1.54, 1.807) is 6.08 Å². The standard InChI is InChI=1S/C57H109NO5/c1-3-5-7-9-11-13-15-17-19-20-21-22-25-29-33-37-41-45-49-55(60)54(53-59)58-56(61)50-46-42-38-34-30-26-23-24-28-32-36-40-44-48-52-63-57(62)51-47-43-39-35-31-27-18-16-14-12-10-8-6-4-2/h16,18,45,49,54-55,59-60H,3-15,17,19-44,46-48,50-53H2,1-2H3,(H,58,61)/b18-16-,49-45+. The maximum absolute atomic E-state index is 12.5. The number of nitrogens with one attached hydrogen (secondary N) is 1. The van der Waals surface area contributed by atoms with E-state index < -0.39 is 12.1 Å². The summed E-state index contributed by atoms with van der Waals surface area (Å²) in [6, 6.07) is -0.636. The van der Waals surface area contributed by atoms with Crippen molar-refractivity contribution in [1.82, 2.24) is 5.32 Å². The third-order valence-electron chi connectivity index (χ3n) is 13.0. The maximum atomic E-state index is 12.5. The van der Waals surface area contributed by atoms with E-state index in [0.717, 1.165) is 57.8 Å². The Labute approximate surface area is 392 Å². The van der Waals surface area contributed by atoms with Gasteiger partial charge in [0.15, 0.2) is 0 Å². The van der Waals surface area contributed by atoms with Gasteiger partial charge in [0.05, 0.1) is 25.4 Å². The predicted molar refractivity (Wildman–Crippen MR) is 273 cm³/mol. The van der Waals surface area contributed by atoms with Gasteiger partial charge < -0.3 is 20.3 Å². The highest BCUT2D eigenvalue weighted by molar-refractivity contribution is 5.76. The van der Waals surface area contributed by atoms with Gasteiger partial charge in [-0.15, -0.1) is 0 Å². The molecule has 6 heteroatoms. The Kier molecular flexibility index (Phi) is 51.6. The number of aliphatic hydroxyl groups excluding tert-OH is 2. The molecular weight excluding hydrogens is 779 g/mol. The third-order valence-corrected chi connectivity index (χ3v) is 13.0. The lowest BCUT2D eigenvalue weighted by atomic mass is 10.0. The van der Waals surface area contributed by atoms with Gasteiger partial charge in [-0.05, 0) is 57.8 Å². The molecule has 0 aromatic rings. The summed E-state index contributed by atoms with van der Waals surface area (Å²) in [5.74, 6) is -0.0887. The van der Waals surface area contributed by atoms with Crippen LogP contribution in [0.4, 0.5) is 0 Å². The fourth-order valence-electron chi connectivity index (χ4n) is 8.63. The smallest absolute Gasteiger partial charge is 0.305 e. The summed E-state index contributed by atoms with van der Waals surface area (Å²) in [6.45, 7) is 4.88. The van der Waals surface area contributed by atoms with E-state index in [1.807, 2.05) is 6.08 Å². The average molecular weight is 889 g/mol. The van der Waals surface area contributed by atoms with Crippen molar-refractivity contribution < 1.29 is 24.5 Å². The summed E-state index contributed by atoms with van der Waals surface area (Å²) in [7, 11) is 0. The molecule has 6 nitrogen and oxygen atoms in total. The van der Waals surface area contributed by atoms with E-state index in [4.69, 9.17) is 4.74 Å². The van der Waals surface area contributed by atoms with Crippen LogP contribution in [-0.2, 0) is 14.3 Å². The topological polar surface area (TPSA) is 95.9 Å². The average Bonchev–Trinajstić information content (AvgIpc) is 3.28. The molecule has 2 unspecified atom stereocenters. The van der Waals surface area contributed by atoms with Crippen molar-refractivity contribution in [1.29, 1.82) is 0 Å². The number of amides is 1. The van der Waals surface area contributed by atoms with Crippen molar-refractivity contribution in [2.24, 2.45) is 0 Å². The van der Waals surface area contributed by atoms with Gasteiger partial charge in [0.25, 0.3) is 0 Å². The molecule has 0 bridgehead atoms. The molecule has 372 valence electrons. The van der Waals surface area contributed by atoms with Crippen LogP contribution in [0.2, 0.25) is 0 Å².